The van der Waals surface area contributed by atoms with E-state index in [0.717, 1.165) is 5.69 Å². The number of fused-ring (bicyclic) bond motifs is 1. The predicted octanol–water partition coefficient (Wildman–Crippen LogP) is 1.35. The number of aromatic nitrogens is 2. The van der Waals surface area contributed by atoms with Crippen LogP contribution in [0.1, 0.15) is 12.0 Å². The average molecular weight is 447 g/mol. The molecule has 3 aromatic rings. The number of nitrogens with one attached hydrogen (secondary N) is 4. The molecule has 33 heavy (non-hydrogen) atoms. The molecule has 170 valence electrons. The van der Waals surface area contributed by atoms with Crippen molar-refractivity contribution < 1.29 is 14.3 Å². The van der Waals surface area contributed by atoms with Gasteiger partial charge in [0, 0.05) is 12.6 Å². The number of carbonyl (C=O) groups excluding carboxylic acids is 2. The van der Waals surface area contributed by atoms with Gasteiger partial charge in [-0.25, -0.2) is 10.1 Å². The van der Waals surface area contributed by atoms with E-state index >= 15 is 0 Å². The maximum Gasteiger partial charge on any atom is 0.263 e. The zero-order chi connectivity index (χ0) is 22.8. The standard InChI is InChI=1S/C23H25N7O3/c1-15-12-19(25-20(31)14-33-17-10-6-3-7-11-17)30(28-15)23-26-21-18(22(32)27-23)13-24-29(21)16-8-4-2-5-9-16/h2-12,18,21,23-24,26H,13-14H2,1H3,(H,25,31)(H,27,32). The van der Waals surface area contributed by atoms with E-state index in [9.17, 15) is 9.59 Å². The van der Waals surface area contributed by atoms with Crippen molar-refractivity contribution in [1.29, 1.82) is 0 Å². The van der Waals surface area contributed by atoms with Gasteiger partial charge in [0.2, 0.25) is 5.91 Å². The highest BCUT2D eigenvalue weighted by Gasteiger charge is 2.45. The molecule has 0 saturated carbocycles. The summed E-state index contributed by atoms with van der Waals surface area (Å²) in [4.78, 5) is 25.4. The maximum absolute atomic E-state index is 12.9. The van der Waals surface area contributed by atoms with Gasteiger partial charge in [0.25, 0.3) is 5.91 Å². The van der Waals surface area contributed by atoms with Crippen LogP contribution in [0.3, 0.4) is 0 Å². The molecule has 0 radical (unpaired) electrons. The molecule has 0 bridgehead atoms. The number of carbonyl (C=O) groups is 2. The lowest BCUT2D eigenvalue weighted by molar-refractivity contribution is -0.129. The second kappa shape index (κ2) is 8.93. The summed E-state index contributed by atoms with van der Waals surface area (Å²) in [5, 5.41) is 15.7. The fourth-order valence-corrected chi connectivity index (χ4v) is 4.08. The Hall–Kier alpha value is -3.89. The number of para-hydroxylation sites is 2. The molecule has 0 spiro atoms. The molecule has 0 aliphatic carbocycles. The van der Waals surface area contributed by atoms with Crippen LogP contribution in [0.15, 0.2) is 66.7 Å². The molecular weight excluding hydrogens is 422 g/mol. The van der Waals surface area contributed by atoms with Crippen LogP contribution >= 0.6 is 0 Å². The van der Waals surface area contributed by atoms with Crippen LogP contribution in [-0.2, 0) is 9.59 Å². The third kappa shape index (κ3) is 4.38. The SMILES string of the molecule is Cc1cc(NC(=O)COc2ccccc2)n(C2NC(=O)C3CNN(c4ccccc4)C3N2)n1. The van der Waals surface area contributed by atoms with Gasteiger partial charge in [-0.05, 0) is 31.2 Å². The minimum Gasteiger partial charge on any atom is -0.484 e. The smallest absolute Gasteiger partial charge is 0.263 e. The zero-order valence-electron chi connectivity index (χ0n) is 18.1. The average Bonchev–Trinajstić information content (AvgIpc) is 3.42. The highest BCUT2D eigenvalue weighted by molar-refractivity contribution is 5.91. The molecule has 3 unspecified atom stereocenters. The van der Waals surface area contributed by atoms with E-state index in [1.54, 1.807) is 22.9 Å². The Kier molecular flexibility index (Phi) is 5.68. The Bertz CT molecular complexity index is 1140. The number of ether oxygens (including phenoxy) is 1. The number of amides is 2. The van der Waals surface area contributed by atoms with Gasteiger partial charge in [0.15, 0.2) is 12.9 Å². The lowest BCUT2D eigenvalue weighted by Crippen LogP contribution is -2.61. The summed E-state index contributed by atoms with van der Waals surface area (Å²) in [6, 6.07) is 20.7. The first-order chi connectivity index (χ1) is 16.1. The molecule has 4 N–H and O–H groups in total. The van der Waals surface area contributed by atoms with E-state index in [1.807, 2.05) is 60.5 Å². The first-order valence-corrected chi connectivity index (χ1v) is 10.8. The van der Waals surface area contributed by atoms with E-state index in [4.69, 9.17) is 4.74 Å². The molecule has 2 aliphatic heterocycles. The fourth-order valence-electron chi connectivity index (χ4n) is 4.08. The quantitative estimate of drug-likeness (QED) is 0.451. The molecule has 2 amide bonds. The number of anilines is 2. The predicted molar refractivity (Wildman–Crippen MR) is 122 cm³/mol. The topological polar surface area (TPSA) is 113 Å². The number of aryl methyl sites for hydroxylation is 1. The maximum atomic E-state index is 12.9. The van der Waals surface area contributed by atoms with E-state index < -0.39 is 6.29 Å². The molecule has 5 rings (SSSR count). The Morgan fingerprint density at radius 1 is 1.15 bits per heavy atom. The third-order valence-corrected chi connectivity index (χ3v) is 5.60. The number of benzene rings is 2. The normalized spacial score (nSPS) is 21.9. The molecule has 2 aromatic carbocycles. The number of hydrazine groups is 1. The molecule has 2 aliphatic rings. The second-order valence-corrected chi connectivity index (χ2v) is 7.96. The van der Waals surface area contributed by atoms with Gasteiger partial charge < -0.3 is 15.4 Å². The highest BCUT2D eigenvalue weighted by Crippen LogP contribution is 2.27. The molecule has 3 atom stereocenters. The van der Waals surface area contributed by atoms with Gasteiger partial charge in [-0.15, -0.1) is 0 Å². The van der Waals surface area contributed by atoms with Crippen LogP contribution in [0.2, 0.25) is 0 Å². The van der Waals surface area contributed by atoms with Crippen molar-refractivity contribution in [2.75, 3.05) is 23.5 Å². The van der Waals surface area contributed by atoms with Crippen LogP contribution < -0.4 is 31.1 Å². The molecule has 2 fully saturated rings. The van der Waals surface area contributed by atoms with E-state index in [2.05, 4.69) is 26.5 Å². The Morgan fingerprint density at radius 2 is 1.88 bits per heavy atom. The minimum absolute atomic E-state index is 0.0903. The summed E-state index contributed by atoms with van der Waals surface area (Å²) in [5.74, 6) is 0.387. The molecule has 10 nitrogen and oxygen atoms in total. The molecule has 1 aromatic heterocycles. The number of hydrogen-bond acceptors (Lipinski definition) is 7. The second-order valence-electron chi connectivity index (χ2n) is 7.96. The van der Waals surface area contributed by atoms with Crippen LogP contribution in [0.4, 0.5) is 11.5 Å². The van der Waals surface area contributed by atoms with Crippen molar-refractivity contribution in [3.8, 4) is 5.75 Å². The van der Waals surface area contributed by atoms with Crippen molar-refractivity contribution in [1.82, 2.24) is 25.8 Å². The van der Waals surface area contributed by atoms with Gasteiger partial charge >= 0.3 is 0 Å². The number of rotatable bonds is 6. The lowest BCUT2D eigenvalue weighted by atomic mass is 10.0. The summed E-state index contributed by atoms with van der Waals surface area (Å²) in [6.45, 7) is 2.20. The van der Waals surface area contributed by atoms with Crippen LogP contribution in [0.5, 0.6) is 5.75 Å². The van der Waals surface area contributed by atoms with Gasteiger partial charge in [0.1, 0.15) is 17.7 Å². The van der Waals surface area contributed by atoms with Gasteiger partial charge in [-0.1, -0.05) is 36.4 Å². The van der Waals surface area contributed by atoms with Crippen molar-refractivity contribution in [3.63, 3.8) is 0 Å². The summed E-state index contributed by atoms with van der Waals surface area (Å²) in [7, 11) is 0. The molecule has 2 saturated heterocycles. The Morgan fingerprint density at radius 3 is 2.64 bits per heavy atom. The third-order valence-electron chi connectivity index (χ3n) is 5.60. The molecular formula is C23H25N7O3. The van der Waals surface area contributed by atoms with Crippen molar-refractivity contribution >= 4 is 23.3 Å². The highest BCUT2D eigenvalue weighted by atomic mass is 16.5. The van der Waals surface area contributed by atoms with E-state index in [-0.39, 0.29) is 30.5 Å². The monoisotopic (exact) mass is 447 g/mol. The van der Waals surface area contributed by atoms with Crippen LogP contribution in [0, 0.1) is 12.8 Å². The number of nitrogens with zero attached hydrogens (tertiary/aromatic N) is 3. The number of hydrogen-bond donors (Lipinski definition) is 4. The van der Waals surface area contributed by atoms with Crippen molar-refractivity contribution in [3.05, 3.63) is 72.4 Å². The summed E-state index contributed by atoms with van der Waals surface area (Å²) in [6.07, 6.45) is -0.912. The van der Waals surface area contributed by atoms with E-state index in [1.165, 1.54) is 0 Å². The Balaban J connectivity index is 1.31. The fraction of sp³-hybridized carbons (Fsp3) is 0.261. The molecule has 10 heteroatoms. The zero-order valence-corrected chi connectivity index (χ0v) is 18.1. The van der Waals surface area contributed by atoms with Gasteiger partial charge in [-0.2, -0.15) is 5.10 Å². The van der Waals surface area contributed by atoms with E-state index in [0.29, 0.717) is 23.8 Å². The van der Waals surface area contributed by atoms with Crippen LogP contribution in [-0.4, -0.2) is 40.9 Å². The van der Waals surface area contributed by atoms with Crippen molar-refractivity contribution in [2.45, 2.75) is 19.4 Å². The van der Waals surface area contributed by atoms with Crippen molar-refractivity contribution in [2.24, 2.45) is 5.92 Å². The summed E-state index contributed by atoms with van der Waals surface area (Å²) >= 11 is 0. The van der Waals surface area contributed by atoms with Crippen LogP contribution in [0.25, 0.3) is 0 Å². The first kappa shape index (κ1) is 21.0. The summed E-state index contributed by atoms with van der Waals surface area (Å²) < 4.78 is 7.10. The van der Waals surface area contributed by atoms with Gasteiger partial charge in [0.05, 0.1) is 17.3 Å². The summed E-state index contributed by atoms with van der Waals surface area (Å²) in [5.41, 5.74) is 4.95. The Labute approximate surface area is 190 Å². The minimum atomic E-state index is -0.635. The lowest BCUT2D eigenvalue weighted by Gasteiger charge is -2.37. The molecule has 3 heterocycles. The largest absolute Gasteiger partial charge is 0.484 e. The first-order valence-electron chi connectivity index (χ1n) is 10.8. The van der Waals surface area contributed by atoms with Gasteiger partial charge in [-0.3, -0.25) is 19.9 Å².